The van der Waals surface area contributed by atoms with Gasteiger partial charge in [-0.05, 0) is 17.7 Å². The second kappa shape index (κ2) is 7.70. The van der Waals surface area contributed by atoms with Gasteiger partial charge >= 0.3 is 0 Å². The van der Waals surface area contributed by atoms with Crippen LogP contribution in [-0.2, 0) is 13.0 Å². The number of nitrogens with two attached hydrogens (primary N) is 1. The molecule has 2 N–H and O–H groups in total. The summed E-state index contributed by atoms with van der Waals surface area (Å²) >= 11 is 0. The molecule has 6 heteroatoms. The van der Waals surface area contributed by atoms with Crippen LogP contribution < -0.4 is 10.5 Å². The number of rotatable bonds is 7. The Kier molecular flexibility index (Phi) is 5.18. The van der Waals surface area contributed by atoms with Crippen molar-refractivity contribution in [3.63, 3.8) is 0 Å². The Bertz CT molecular complexity index is 789. The lowest BCUT2D eigenvalue weighted by molar-refractivity contribution is 0.321. The molecule has 0 aliphatic heterocycles. The van der Waals surface area contributed by atoms with Gasteiger partial charge in [0.2, 0.25) is 0 Å². The summed E-state index contributed by atoms with van der Waals surface area (Å²) < 4.78 is 21.1. The first-order valence-corrected chi connectivity index (χ1v) is 7.83. The molecule has 0 radical (unpaired) electrons. The lowest BCUT2D eigenvalue weighted by Gasteiger charge is -2.10. The van der Waals surface area contributed by atoms with Crippen molar-refractivity contribution in [2.75, 3.05) is 13.2 Å². The highest BCUT2D eigenvalue weighted by Gasteiger charge is 2.12. The summed E-state index contributed by atoms with van der Waals surface area (Å²) in [5.41, 5.74) is 8.04. The zero-order valence-electron chi connectivity index (χ0n) is 13.2. The van der Waals surface area contributed by atoms with Crippen LogP contribution in [0.4, 0.5) is 4.39 Å². The van der Waals surface area contributed by atoms with Crippen LogP contribution in [0.3, 0.4) is 0 Å². The number of hydrogen-bond acceptors (Lipinski definition) is 4. The Balaban J connectivity index is 1.75. The second-order valence-corrected chi connectivity index (χ2v) is 5.38. The zero-order chi connectivity index (χ0) is 16.8. The maximum absolute atomic E-state index is 13.6. The van der Waals surface area contributed by atoms with Crippen molar-refractivity contribution in [3.05, 3.63) is 66.1 Å². The summed E-state index contributed by atoms with van der Waals surface area (Å²) in [6.45, 7) is 1.52. The normalized spacial score (nSPS) is 10.8. The molecule has 0 aliphatic carbocycles. The number of halogens is 1. The van der Waals surface area contributed by atoms with Crippen LogP contribution in [0.25, 0.3) is 11.3 Å². The van der Waals surface area contributed by atoms with Crippen molar-refractivity contribution in [2.24, 2.45) is 5.73 Å². The molecule has 1 aromatic heterocycles. The van der Waals surface area contributed by atoms with Crippen LogP contribution in [0.5, 0.6) is 5.75 Å². The third-order valence-electron chi connectivity index (χ3n) is 3.61. The molecule has 1 heterocycles. The fourth-order valence-electron chi connectivity index (χ4n) is 2.41. The molecule has 24 heavy (non-hydrogen) atoms. The van der Waals surface area contributed by atoms with Gasteiger partial charge in [-0.3, -0.25) is 4.68 Å². The highest BCUT2D eigenvalue weighted by Crippen LogP contribution is 2.29. The third kappa shape index (κ3) is 3.97. The minimum Gasteiger partial charge on any atom is -0.492 e. The van der Waals surface area contributed by atoms with Crippen LogP contribution in [0.2, 0.25) is 0 Å². The smallest absolute Gasteiger partial charge is 0.131 e. The van der Waals surface area contributed by atoms with Gasteiger partial charge in [-0.15, -0.1) is 5.10 Å². The number of aromatic nitrogens is 3. The standard InChI is InChI=1S/C18H19FN4O/c19-15-6-7-16(17-13-23(10-9-20)22-21-17)18(12-15)24-11-8-14-4-2-1-3-5-14/h1-7,12-13H,8-11,20H2. The first-order chi connectivity index (χ1) is 11.8. The van der Waals surface area contributed by atoms with E-state index in [1.165, 1.54) is 17.7 Å². The zero-order valence-corrected chi connectivity index (χ0v) is 13.2. The molecule has 0 fully saturated rings. The van der Waals surface area contributed by atoms with Gasteiger partial charge in [0.15, 0.2) is 0 Å². The van der Waals surface area contributed by atoms with Gasteiger partial charge in [-0.2, -0.15) is 0 Å². The molecule has 0 unspecified atom stereocenters. The van der Waals surface area contributed by atoms with Crippen LogP contribution >= 0.6 is 0 Å². The summed E-state index contributed by atoms with van der Waals surface area (Å²) in [5, 5.41) is 8.13. The van der Waals surface area contributed by atoms with Crippen molar-refractivity contribution in [2.45, 2.75) is 13.0 Å². The number of ether oxygens (including phenoxy) is 1. The highest BCUT2D eigenvalue weighted by molar-refractivity contribution is 5.66. The Morgan fingerprint density at radius 2 is 1.96 bits per heavy atom. The van der Waals surface area contributed by atoms with Gasteiger partial charge in [0.05, 0.1) is 19.3 Å². The summed E-state index contributed by atoms with van der Waals surface area (Å²) in [6, 6.07) is 14.4. The molecule has 3 rings (SSSR count). The van der Waals surface area contributed by atoms with Gasteiger partial charge in [-0.25, -0.2) is 4.39 Å². The number of benzene rings is 2. The van der Waals surface area contributed by atoms with E-state index in [0.717, 1.165) is 6.42 Å². The molecule has 0 aliphatic rings. The summed E-state index contributed by atoms with van der Waals surface area (Å²) in [5.74, 6) is 0.119. The lowest BCUT2D eigenvalue weighted by Crippen LogP contribution is -2.10. The van der Waals surface area contributed by atoms with Crippen LogP contribution in [0, 0.1) is 5.82 Å². The molecule has 0 saturated carbocycles. The van der Waals surface area contributed by atoms with Crippen molar-refractivity contribution in [1.29, 1.82) is 0 Å². The average molecular weight is 326 g/mol. The maximum Gasteiger partial charge on any atom is 0.131 e. The molecule has 124 valence electrons. The van der Waals surface area contributed by atoms with Crippen LogP contribution in [0.15, 0.2) is 54.7 Å². The van der Waals surface area contributed by atoms with E-state index in [0.29, 0.717) is 36.7 Å². The Hall–Kier alpha value is -2.73. The number of hydrogen-bond donors (Lipinski definition) is 1. The van der Waals surface area contributed by atoms with Gasteiger partial charge in [0.25, 0.3) is 0 Å². The highest BCUT2D eigenvalue weighted by atomic mass is 19.1. The van der Waals surface area contributed by atoms with E-state index in [9.17, 15) is 4.39 Å². The van der Waals surface area contributed by atoms with Crippen molar-refractivity contribution in [1.82, 2.24) is 15.0 Å². The van der Waals surface area contributed by atoms with Crippen molar-refractivity contribution >= 4 is 0 Å². The first-order valence-electron chi connectivity index (χ1n) is 7.83. The molecule has 5 nitrogen and oxygen atoms in total. The fraction of sp³-hybridized carbons (Fsp3) is 0.222. The molecule has 0 bridgehead atoms. The Labute approximate surface area is 139 Å². The topological polar surface area (TPSA) is 66.0 Å². The van der Waals surface area contributed by atoms with Gasteiger partial charge in [0, 0.05) is 24.6 Å². The predicted molar refractivity (Wildman–Crippen MR) is 90.1 cm³/mol. The van der Waals surface area contributed by atoms with Crippen molar-refractivity contribution in [3.8, 4) is 17.0 Å². The monoisotopic (exact) mass is 326 g/mol. The lowest BCUT2D eigenvalue weighted by atomic mass is 10.1. The molecule has 3 aromatic rings. The fourth-order valence-corrected chi connectivity index (χ4v) is 2.41. The molecule has 0 atom stereocenters. The number of nitrogens with zero attached hydrogens (tertiary/aromatic N) is 3. The van der Waals surface area contributed by atoms with E-state index in [1.54, 1.807) is 16.9 Å². The SMILES string of the molecule is NCCn1cc(-c2ccc(F)cc2OCCc2ccccc2)nn1. The predicted octanol–water partition coefficient (Wildman–Crippen LogP) is 2.66. The van der Waals surface area contributed by atoms with E-state index in [1.807, 2.05) is 30.3 Å². The molecule has 0 saturated heterocycles. The Morgan fingerprint density at radius 3 is 2.75 bits per heavy atom. The minimum atomic E-state index is -0.345. The maximum atomic E-state index is 13.6. The summed E-state index contributed by atoms with van der Waals surface area (Å²) in [4.78, 5) is 0. The van der Waals surface area contributed by atoms with E-state index >= 15 is 0 Å². The average Bonchev–Trinajstić information content (AvgIpc) is 3.05. The largest absolute Gasteiger partial charge is 0.492 e. The molecule has 2 aromatic carbocycles. The third-order valence-corrected chi connectivity index (χ3v) is 3.61. The molecule has 0 amide bonds. The molecule has 0 spiro atoms. The first kappa shape index (κ1) is 16.1. The quantitative estimate of drug-likeness (QED) is 0.725. The second-order valence-electron chi connectivity index (χ2n) is 5.38. The van der Waals surface area contributed by atoms with Crippen molar-refractivity contribution < 1.29 is 9.13 Å². The van der Waals surface area contributed by atoms with E-state index in [4.69, 9.17) is 10.5 Å². The van der Waals surface area contributed by atoms with Gasteiger partial charge < -0.3 is 10.5 Å². The molecular formula is C18H19FN4O. The van der Waals surface area contributed by atoms with Crippen LogP contribution in [-0.4, -0.2) is 28.1 Å². The van der Waals surface area contributed by atoms with Crippen LogP contribution in [0.1, 0.15) is 5.56 Å². The summed E-state index contributed by atoms with van der Waals surface area (Å²) in [7, 11) is 0. The molecular weight excluding hydrogens is 307 g/mol. The minimum absolute atomic E-state index is 0.345. The van der Waals surface area contributed by atoms with Gasteiger partial charge in [-0.1, -0.05) is 35.5 Å². The van der Waals surface area contributed by atoms with E-state index in [2.05, 4.69) is 10.3 Å². The summed E-state index contributed by atoms with van der Waals surface area (Å²) in [6.07, 6.45) is 2.53. The van der Waals surface area contributed by atoms with Gasteiger partial charge in [0.1, 0.15) is 17.3 Å². The van der Waals surface area contributed by atoms with E-state index < -0.39 is 0 Å². The van der Waals surface area contributed by atoms with E-state index in [-0.39, 0.29) is 5.82 Å². The Morgan fingerprint density at radius 1 is 1.12 bits per heavy atom.